The lowest BCUT2D eigenvalue weighted by Crippen LogP contribution is -2.27. The summed E-state index contributed by atoms with van der Waals surface area (Å²) in [5.74, 6) is 0.543. The highest BCUT2D eigenvalue weighted by molar-refractivity contribution is 5.67. The summed E-state index contributed by atoms with van der Waals surface area (Å²) >= 11 is 0. The lowest BCUT2D eigenvalue weighted by molar-refractivity contribution is 0.396. The Hall–Kier alpha value is -4.05. The average Bonchev–Trinajstić information content (AvgIpc) is 3.00. The highest BCUT2D eigenvalue weighted by Gasteiger charge is 2.22. The van der Waals surface area contributed by atoms with Gasteiger partial charge in [0.25, 0.3) is 0 Å². The number of pyridine rings is 1. The molecule has 200 valence electrons. The molecule has 1 aliphatic rings. The van der Waals surface area contributed by atoms with E-state index in [-0.39, 0.29) is 0 Å². The van der Waals surface area contributed by atoms with Gasteiger partial charge in [-0.3, -0.25) is 4.98 Å². The van der Waals surface area contributed by atoms with Gasteiger partial charge in [0.15, 0.2) is 0 Å². The van der Waals surface area contributed by atoms with Gasteiger partial charge in [0, 0.05) is 62.3 Å². The fourth-order valence-corrected chi connectivity index (χ4v) is 5.44. The largest absolute Gasteiger partial charge is 0.381 e. The van der Waals surface area contributed by atoms with Crippen molar-refractivity contribution in [2.75, 3.05) is 29.2 Å². The Kier molecular flexibility index (Phi) is 8.62. The molecule has 1 saturated carbocycles. The molecule has 1 fully saturated rings. The summed E-state index contributed by atoms with van der Waals surface area (Å²) in [6, 6.07) is 30.6. The summed E-state index contributed by atoms with van der Waals surface area (Å²) < 4.78 is 0. The summed E-state index contributed by atoms with van der Waals surface area (Å²) in [5, 5.41) is 3.59. The van der Waals surface area contributed by atoms with Crippen LogP contribution in [0.3, 0.4) is 0 Å². The fraction of sp³-hybridized carbons (Fsp3) is 0.286. The zero-order valence-electron chi connectivity index (χ0n) is 23.3. The van der Waals surface area contributed by atoms with Crippen LogP contribution in [0, 0.1) is 5.92 Å². The molecule has 0 spiro atoms. The van der Waals surface area contributed by atoms with Crippen molar-refractivity contribution in [1.29, 1.82) is 0 Å². The Morgan fingerprint density at radius 3 is 2.13 bits per heavy atom. The first-order valence-electron chi connectivity index (χ1n) is 14.1. The molecule has 0 saturated heterocycles. The predicted molar refractivity (Wildman–Crippen MR) is 166 cm³/mol. The maximum atomic E-state index is 4.66. The number of nitrogens with zero attached hydrogens (tertiary/aromatic N) is 3. The van der Waals surface area contributed by atoms with Gasteiger partial charge < -0.3 is 15.1 Å². The minimum Gasteiger partial charge on any atom is -0.381 e. The molecule has 1 aromatic heterocycles. The molecular weight excluding hydrogens is 476 g/mol. The summed E-state index contributed by atoms with van der Waals surface area (Å²) in [4.78, 5) is 8.70. The third-order valence-corrected chi connectivity index (χ3v) is 7.84. The van der Waals surface area contributed by atoms with Gasteiger partial charge in [0.05, 0.1) is 0 Å². The fourth-order valence-electron chi connectivity index (χ4n) is 5.44. The van der Waals surface area contributed by atoms with Gasteiger partial charge in [0.2, 0.25) is 0 Å². The molecule has 1 aliphatic carbocycles. The highest BCUT2D eigenvalue weighted by atomic mass is 15.1. The molecule has 1 N–H and O–H groups in total. The molecule has 0 amide bonds. The lowest BCUT2D eigenvalue weighted by atomic mass is 9.86. The molecular formula is C35H40N4. The van der Waals surface area contributed by atoms with Crippen LogP contribution in [-0.4, -0.2) is 19.1 Å². The van der Waals surface area contributed by atoms with E-state index >= 15 is 0 Å². The minimum absolute atomic E-state index is 0.543. The van der Waals surface area contributed by atoms with Crippen molar-refractivity contribution in [2.24, 2.45) is 5.92 Å². The highest BCUT2D eigenvalue weighted by Crippen LogP contribution is 2.35. The molecule has 0 unspecified atom stereocenters. The van der Waals surface area contributed by atoms with E-state index in [1.54, 1.807) is 0 Å². The second kappa shape index (κ2) is 12.7. The molecule has 4 nitrogen and oxygen atoms in total. The Bertz CT molecular complexity index is 1340. The zero-order chi connectivity index (χ0) is 27.0. The van der Waals surface area contributed by atoms with Crippen LogP contribution in [0.4, 0.5) is 17.1 Å². The summed E-state index contributed by atoms with van der Waals surface area (Å²) in [7, 11) is 4.15. The number of hydrogen-bond donors (Lipinski definition) is 1. The minimum atomic E-state index is 0.543. The van der Waals surface area contributed by atoms with E-state index in [9.17, 15) is 0 Å². The molecule has 0 atom stereocenters. The van der Waals surface area contributed by atoms with Crippen LogP contribution in [0.5, 0.6) is 0 Å². The summed E-state index contributed by atoms with van der Waals surface area (Å²) in [5.41, 5.74) is 9.74. The van der Waals surface area contributed by atoms with Crippen molar-refractivity contribution in [3.8, 4) is 11.1 Å². The topological polar surface area (TPSA) is 31.4 Å². The number of hydrogen-bond acceptors (Lipinski definition) is 4. The molecule has 0 radical (unpaired) electrons. The Morgan fingerprint density at radius 1 is 0.795 bits per heavy atom. The van der Waals surface area contributed by atoms with E-state index in [0.29, 0.717) is 5.92 Å². The average molecular weight is 517 g/mol. The molecule has 39 heavy (non-hydrogen) atoms. The molecule has 1 heterocycles. The molecule has 4 heteroatoms. The quantitative estimate of drug-likeness (QED) is 0.229. The Labute approximate surface area is 234 Å². The second-order valence-corrected chi connectivity index (χ2v) is 10.8. The van der Waals surface area contributed by atoms with Crippen molar-refractivity contribution in [2.45, 2.75) is 45.2 Å². The van der Waals surface area contributed by atoms with Gasteiger partial charge in [0.1, 0.15) is 0 Å². The van der Waals surface area contributed by atoms with Crippen LogP contribution in [0.15, 0.2) is 110 Å². The molecule has 3 aromatic carbocycles. The van der Waals surface area contributed by atoms with Crippen LogP contribution in [-0.2, 0) is 13.1 Å². The molecule has 0 bridgehead atoms. The number of aromatic nitrogens is 1. The van der Waals surface area contributed by atoms with Gasteiger partial charge in [-0.05, 0) is 83.5 Å². The third kappa shape index (κ3) is 6.88. The zero-order valence-corrected chi connectivity index (χ0v) is 23.3. The molecule has 4 aromatic rings. The normalized spacial score (nSPS) is 13.6. The molecule has 5 rings (SSSR count). The predicted octanol–water partition coefficient (Wildman–Crippen LogP) is 8.53. The standard InChI is InChI=1S/C35H40N4/c1-27(30-8-5-4-6-9-30)39(35-11-7-10-33(24-35)37-25-28-20-22-36-23-21-28)26-29-12-14-31(15-13-29)32-16-18-34(19-17-32)38(2)3/h7,10-24,30,37H,1,4-6,8-9,25-26H2,2-3H3. The number of benzene rings is 3. The smallest absolute Gasteiger partial charge is 0.0478 e. The lowest BCUT2D eigenvalue weighted by Gasteiger charge is -2.34. The number of nitrogens with one attached hydrogen (secondary N) is 1. The van der Waals surface area contributed by atoms with Gasteiger partial charge in [-0.25, -0.2) is 0 Å². The van der Waals surface area contributed by atoms with Crippen molar-refractivity contribution < 1.29 is 0 Å². The second-order valence-electron chi connectivity index (χ2n) is 10.8. The van der Waals surface area contributed by atoms with E-state index in [2.05, 4.69) is 114 Å². The maximum absolute atomic E-state index is 4.66. The van der Waals surface area contributed by atoms with Crippen LogP contribution in [0.1, 0.15) is 43.2 Å². The third-order valence-electron chi connectivity index (χ3n) is 7.84. The van der Waals surface area contributed by atoms with E-state index in [4.69, 9.17) is 0 Å². The van der Waals surface area contributed by atoms with Crippen LogP contribution in [0.2, 0.25) is 0 Å². The molecule has 0 aliphatic heterocycles. The monoisotopic (exact) mass is 516 g/mol. The number of allylic oxidation sites excluding steroid dienone is 1. The van der Waals surface area contributed by atoms with Gasteiger partial charge in [-0.15, -0.1) is 0 Å². The van der Waals surface area contributed by atoms with Crippen molar-refractivity contribution in [3.63, 3.8) is 0 Å². The van der Waals surface area contributed by atoms with Crippen molar-refractivity contribution in [1.82, 2.24) is 4.98 Å². The van der Waals surface area contributed by atoms with Gasteiger partial charge in [-0.1, -0.05) is 68.3 Å². The van der Waals surface area contributed by atoms with E-state index in [1.165, 1.54) is 71.4 Å². The number of rotatable bonds is 10. The SMILES string of the molecule is C=C(C1CCCCC1)N(Cc1ccc(-c2ccc(N(C)C)cc2)cc1)c1cccc(NCc2ccncc2)c1. The van der Waals surface area contributed by atoms with Gasteiger partial charge in [-0.2, -0.15) is 0 Å². The summed E-state index contributed by atoms with van der Waals surface area (Å²) in [6.07, 6.45) is 10.1. The first-order chi connectivity index (χ1) is 19.1. The van der Waals surface area contributed by atoms with Gasteiger partial charge >= 0.3 is 0 Å². The van der Waals surface area contributed by atoms with E-state index in [1.807, 2.05) is 24.5 Å². The van der Waals surface area contributed by atoms with Crippen molar-refractivity contribution in [3.05, 3.63) is 121 Å². The van der Waals surface area contributed by atoms with Crippen LogP contribution < -0.4 is 15.1 Å². The Balaban J connectivity index is 1.36. The van der Waals surface area contributed by atoms with Crippen LogP contribution in [0.25, 0.3) is 11.1 Å². The van der Waals surface area contributed by atoms with E-state index < -0.39 is 0 Å². The maximum Gasteiger partial charge on any atom is 0.0478 e. The van der Waals surface area contributed by atoms with E-state index in [0.717, 1.165) is 18.8 Å². The summed E-state index contributed by atoms with van der Waals surface area (Å²) in [6.45, 7) is 6.24. The Morgan fingerprint density at radius 2 is 1.46 bits per heavy atom. The van der Waals surface area contributed by atoms with Crippen molar-refractivity contribution >= 4 is 17.1 Å². The first-order valence-corrected chi connectivity index (χ1v) is 14.1. The first kappa shape index (κ1) is 26.6. The van der Waals surface area contributed by atoms with Crippen LogP contribution >= 0.6 is 0 Å². The number of anilines is 3.